The molecule has 1 heterocycles. The van der Waals surface area contributed by atoms with Crippen LogP contribution in [-0.4, -0.2) is 24.0 Å². The van der Waals surface area contributed by atoms with Crippen LogP contribution in [-0.2, 0) is 12.8 Å². The Labute approximate surface area is 107 Å². The van der Waals surface area contributed by atoms with Crippen molar-refractivity contribution in [1.29, 1.82) is 0 Å². The van der Waals surface area contributed by atoms with Gasteiger partial charge in [-0.15, -0.1) is 11.3 Å². The largest absolute Gasteiger partial charge is 0.370 e. The lowest BCUT2D eigenvalue weighted by atomic mass is 10.3. The molecule has 0 bridgehead atoms. The zero-order chi connectivity index (χ0) is 12.7. The molecule has 96 valence electrons. The second-order valence-electron chi connectivity index (χ2n) is 3.91. The number of nitrogens with two attached hydrogens (primary N) is 1. The van der Waals surface area contributed by atoms with Gasteiger partial charge in [-0.3, -0.25) is 4.99 Å². The van der Waals surface area contributed by atoms with Gasteiger partial charge in [0.1, 0.15) is 0 Å². The summed E-state index contributed by atoms with van der Waals surface area (Å²) in [6.45, 7) is 7.94. The van der Waals surface area contributed by atoms with Gasteiger partial charge in [-0.1, -0.05) is 13.8 Å². The fraction of sp³-hybridized carbons (Fsp3) is 0.667. The second-order valence-corrected chi connectivity index (χ2v) is 5.20. The molecule has 1 rings (SSSR count). The van der Waals surface area contributed by atoms with Crippen LogP contribution in [0.15, 0.2) is 4.99 Å². The second kappa shape index (κ2) is 7.27. The Bertz CT molecular complexity index is 371. The third-order valence-electron chi connectivity index (χ3n) is 2.42. The summed E-state index contributed by atoms with van der Waals surface area (Å²) in [5.74, 6) is 0.538. The van der Waals surface area contributed by atoms with Crippen molar-refractivity contribution in [1.82, 2.24) is 10.3 Å². The van der Waals surface area contributed by atoms with E-state index in [9.17, 15) is 0 Å². The Morgan fingerprint density at radius 3 is 2.82 bits per heavy atom. The van der Waals surface area contributed by atoms with E-state index in [1.54, 1.807) is 11.3 Å². The number of aromatic nitrogens is 1. The van der Waals surface area contributed by atoms with Gasteiger partial charge in [-0.25, -0.2) is 4.98 Å². The molecule has 0 atom stereocenters. The molecule has 17 heavy (non-hydrogen) atoms. The highest BCUT2D eigenvalue weighted by Gasteiger charge is 2.05. The van der Waals surface area contributed by atoms with E-state index in [4.69, 9.17) is 5.73 Å². The van der Waals surface area contributed by atoms with Gasteiger partial charge in [0, 0.05) is 24.4 Å². The third-order valence-corrected chi connectivity index (χ3v) is 3.50. The minimum absolute atomic E-state index is 0.538. The number of aliphatic imine (C=N–C) groups is 1. The highest BCUT2D eigenvalue weighted by molar-refractivity contribution is 7.11. The molecule has 0 saturated carbocycles. The summed E-state index contributed by atoms with van der Waals surface area (Å²) in [6.07, 6.45) is 2.94. The van der Waals surface area contributed by atoms with Crippen molar-refractivity contribution in [2.45, 2.75) is 40.0 Å². The maximum absolute atomic E-state index is 5.71. The van der Waals surface area contributed by atoms with E-state index in [0.717, 1.165) is 32.4 Å². The lowest BCUT2D eigenvalue weighted by Crippen LogP contribution is -2.33. The Balaban J connectivity index is 2.35. The smallest absolute Gasteiger partial charge is 0.188 e. The molecular weight excluding hydrogens is 232 g/mol. The van der Waals surface area contributed by atoms with Crippen LogP contribution < -0.4 is 11.1 Å². The van der Waals surface area contributed by atoms with Crippen LogP contribution in [0.4, 0.5) is 0 Å². The molecule has 1 aromatic heterocycles. The van der Waals surface area contributed by atoms with Crippen LogP contribution >= 0.6 is 11.3 Å². The van der Waals surface area contributed by atoms with E-state index >= 15 is 0 Å². The molecule has 0 aliphatic carbocycles. The number of aryl methyl sites for hydroxylation is 2. The first-order valence-electron chi connectivity index (χ1n) is 6.16. The molecule has 0 aliphatic rings. The fourth-order valence-corrected chi connectivity index (χ4v) is 2.53. The molecule has 0 radical (unpaired) electrons. The molecular formula is C12H22N4S. The minimum atomic E-state index is 0.538. The predicted octanol–water partition coefficient (Wildman–Crippen LogP) is 1.87. The number of guanidine groups is 1. The van der Waals surface area contributed by atoms with Crippen LogP contribution in [0.3, 0.4) is 0 Å². The van der Waals surface area contributed by atoms with Crippen LogP contribution in [0.5, 0.6) is 0 Å². The van der Waals surface area contributed by atoms with Crippen molar-refractivity contribution in [2.75, 3.05) is 13.1 Å². The van der Waals surface area contributed by atoms with Crippen molar-refractivity contribution < 1.29 is 0 Å². The number of nitrogens with one attached hydrogen (secondary N) is 1. The maximum Gasteiger partial charge on any atom is 0.188 e. The standard InChI is InChI=1S/C12H22N4S/c1-4-7-14-12(13)15-8-6-11-16-10(5-2)9(3)17-11/h4-8H2,1-3H3,(H3,13,14,15). The highest BCUT2D eigenvalue weighted by atomic mass is 32.1. The monoisotopic (exact) mass is 254 g/mol. The van der Waals surface area contributed by atoms with Crippen molar-refractivity contribution in [3.63, 3.8) is 0 Å². The molecule has 0 aromatic carbocycles. The molecule has 4 nitrogen and oxygen atoms in total. The van der Waals surface area contributed by atoms with Gasteiger partial charge in [0.2, 0.25) is 0 Å². The number of rotatable bonds is 6. The van der Waals surface area contributed by atoms with Crippen molar-refractivity contribution in [3.05, 3.63) is 15.6 Å². The van der Waals surface area contributed by atoms with Crippen LogP contribution in [0.25, 0.3) is 0 Å². The Kier molecular flexibility index (Phi) is 5.97. The van der Waals surface area contributed by atoms with Crippen LogP contribution in [0, 0.1) is 6.92 Å². The average molecular weight is 254 g/mol. The molecule has 3 N–H and O–H groups in total. The summed E-state index contributed by atoms with van der Waals surface area (Å²) < 4.78 is 0. The predicted molar refractivity (Wildman–Crippen MR) is 74.7 cm³/mol. The Hall–Kier alpha value is -1.10. The Morgan fingerprint density at radius 2 is 2.24 bits per heavy atom. The van der Waals surface area contributed by atoms with E-state index in [1.165, 1.54) is 15.6 Å². The van der Waals surface area contributed by atoms with Gasteiger partial charge in [0.05, 0.1) is 10.7 Å². The van der Waals surface area contributed by atoms with Gasteiger partial charge in [0.15, 0.2) is 5.96 Å². The summed E-state index contributed by atoms with van der Waals surface area (Å²) in [6, 6.07) is 0. The van der Waals surface area contributed by atoms with Crippen molar-refractivity contribution in [3.8, 4) is 0 Å². The van der Waals surface area contributed by atoms with E-state index in [0.29, 0.717) is 5.96 Å². The SMILES string of the molecule is CCCN=C(N)NCCc1nc(CC)c(C)s1. The first-order valence-corrected chi connectivity index (χ1v) is 6.98. The summed E-state index contributed by atoms with van der Waals surface area (Å²) in [5, 5.41) is 4.28. The molecule has 0 fully saturated rings. The van der Waals surface area contributed by atoms with Crippen molar-refractivity contribution >= 4 is 17.3 Å². The van der Waals surface area contributed by atoms with Crippen LogP contribution in [0.1, 0.15) is 35.8 Å². The topological polar surface area (TPSA) is 63.3 Å². The zero-order valence-corrected chi connectivity index (χ0v) is 11.7. The molecule has 0 saturated heterocycles. The normalized spacial score (nSPS) is 11.8. The van der Waals surface area contributed by atoms with E-state index in [-0.39, 0.29) is 0 Å². The summed E-state index contributed by atoms with van der Waals surface area (Å²) in [7, 11) is 0. The summed E-state index contributed by atoms with van der Waals surface area (Å²) >= 11 is 1.78. The van der Waals surface area contributed by atoms with E-state index in [2.05, 4.69) is 36.1 Å². The number of nitrogens with zero attached hydrogens (tertiary/aromatic N) is 2. The summed E-state index contributed by atoms with van der Waals surface area (Å²) in [5.41, 5.74) is 6.93. The lowest BCUT2D eigenvalue weighted by molar-refractivity contribution is 0.829. The quantitative estimate of drug-likeness (QED) is 0.602. The molecule has 0 spiro atoms. The van der Waals surface area contributed by atoms with E-state index in [1.807, 2.05) is 0 Å². The number of thiazole rings is 1. The van der Waals surface area contributed by atoms with Crippen molar-refractivity contribution in [2.24, 2.45) is 10.7 Å². The highest BCUT2D eigenvalue weighted by Crippen LogP contribution is 2.17. The number of hydrogen-bond acceptors (Lipinski definition) is 3. The molecule has 1 aromatic rings. The molecule has 0 unspecified atom stereocenters. The molecule has 0 aliphatic heterocycles. The maximum atomic E-state index is 5.71. The summed E-state index contributed by atoms with van der Waals surface area (Å²) in [4.78, 5) is 10.1. The molecule has 0 amide bonds. The van der Waals surface area contributed by atoms with Crippen LogP contribution in [0.2, 0.25) is 0 Å². The first-order chi connectivity index (χ1) is 8.17. The van der Waals surface area contributed by atoms with Gasteiger partial charge in [0.25, 0.3) is 0 Å². The molecule has 5 heteroatoms. The van der Waals surface area contributed by atoms with Gasteiger partial charge in [-0.2, -0.15) is 0 Å². The third kappa shape index (κ3) is 4.73. The van der Waals surface area contributed by atoms with Gasteiger partial charge < -0.3 is 11.1 Å². The fourth-order valence-electron chi connectivity index (χ4n) is 1.51. The van der Waals surface area contributed by atoms with Gasteiger partial charge >= 0.3 is 0 Å². The minimum Gasteiger partial charge on any atom is -0.370 e. The zero-order valence-electron chi connectivity index (χ0n) is 10.9. The van der Waals surface area contributed by atoms with Gasteiger partial charge in [-0.05, 0) is 19.8 Å². The number of hydrogen-bond donors (Lipinski definition) is 2. The van der Waals surface area contributed by atoms with E-state index < -0.39 is 0 Å². The Morgan fingerprint density at radius 1 is 1.47 bits per heavy atom. The average Bonchev–Trinajstić information content (AvgIpc) is 2.67. The first kappa shape index (κ1) is 14.0. The lowest BCUT2D eigenvalue weighted by Gasteiger charge is -2.03.